The van der Waals surface area contributed by atoms with Gasteiger partial charge < -0.3 is 42.5 Å². The fourth-order valence-corrected chi connectivity index (χ4v) is 15.5. The summed E-state index contributed by atoms with van der Waals surface area (Å²) >= 11 is 1.35. The zero-order valence-electron chi connectivity index (χ0n) is 67.2. The van der Waals surface area contributed by atoms with Crippen LogP contribution in [-0.4, -0.2) is 172 Å². The van der Waals surface area contributed by atoms with E-state index < -0.39 is 46.5 Å². The summed E-state index contributed by atoms with van der Waals surface area (Å²) in [7, 11) is 6.01. The molecule has 7 aromatic carbocycles. The highest BCUT2D eigenvalue weighted by atomic mass is 32.2. The van der Waals surface area contributed by atoms with Crippen LogP contribution in [0.1, 0.15) is 106 Å². The number of halogens is 9. The minimum Gasteiger partial charge on any atom is -0.383 e. The Kier molecular flexibility index (Phi) is 27.3. The number of hydrogen-bond donors (Lipinski definition) is 5. The topological polar surface area (TPSA) is 224 Å². The Labute approximate surface area is 699 Å². The number of carbonyl (C=O) groups excluding carboxylic acids is 3. The number of carbonyl (C=O) groups is 3. The van der Waals surface area contributed by atoms with Gasteiger partial charge in [0.05, 0.1) is 33.4 Å². The molecule has 4 aromatic heterocycles. The zero-order chi connectivity index (χ0) is 85.9. The standard InChI is InChI=1S/C33H31F3N4O.C32H29F3N4O.C28H28F3N7OS/c1-22-17-25(11-9-24(22)10-12-26-20-38-32(37)29-6-4-3-5-28(26)29)31(41)19-23-7-8-27(30(18-23)33(34,35)36)21-40-15-13-39(2)14-16-40;1-38-14-16-39(17-15-38)21-26-13-9-23(18-29(26)32(33,34)35)19-30(40)24-10-6-22(7-11-24)8-12-25-20-37-31(36)28-5-3-2-4-27(25)28;1-17-24(36-23(40-17)8-6-18-15-34-26(32)25-21(18)4-3-9-33-25)27(39)35-20-7-5-19(22(14-20)28(29,30)31)16-38-12-10-37(2)11-13-38/h3-9,11,17-18,20H,13-16,19,21H2,1-2H3,(H2,37,38);2-7,9-11,13,18,20H,14-17,19,21H2,1H3,(H2,36,37);3-5,7,9,14-15,23,36H,10-13,16H2,1-2H3,(H2,32,34)(H,35,39). The molecule has 0 aliphatic carbocycles. The van der Waals surface area contributed by atoms with Gasteiger partial charge in [-0.15, -0.1) is 0 Å². The Morgan fingerprint density at radius 3 is 1.36 bits per heavy atom. The van der Waals surface area contributed by atoms with Crippen LogP contribution in [0.2, 0.25) is 0 Å². The number of likely N-dealkylation sites (N-methyl/N-ethyl adjacent to an activating group) is 3. The number of ketones is 2. The van der Waals surface area contributed by atoms with Crippen molar-refractivity contribution in [3.63, 3.8) is 0 Å². The predicted octanol–water partition coefficient (Wildman–Crippen LogP) is 15.0. The molecule has 0 bridgehead atoms. The lowest BCUT2D eigenvalue weighted by Crippen LogP contribution is -2.44. The smallest absolute Gasteiger partial charge is 0.383 e. The molecule has 1 atom stereocenters. The molecule has 4 aliphatic heterocycles. The lowest BCUT2D eigenvalue weighted by Gasteiger charge is -2.33. The summed E-state index contributed by atoms with van der Waals surface area (Å²) in [5.41, 5.74) is 23.2. The molecule has 1 amide bonds. The van der Waals surface area contributed by atoms with Crippen molar-refractivity contribution in [2.75, 3.05) is 122 Å². The van der Waals surface area contributed by atoms with E-state index in [4.69, 9.17) is 17.2 Å². The third-order valence-corrected chi connectivity index (χ3v) is 22.6. The maximum atomic E-state index is 14.0. The average Bonchev–Trinajstić information content (AvgIpc) is 1.11. The van der Waals surface area contributed by atoms with Crippen molar-refractivity contribution in [3.8, 4) is 35.5 Å². The molecule has 8 heterocycles. The summed E-state index contributed by atoms with van der Waals surface area (Å²) in [5, 5.41) is 9.50. The lowest BCUT2D eigenvalue weighted by atomic mass is 9.96. The van der Waals surface area contributed by atoms with Gasteiger partial charge in [-0.25, -0.2) is 15.0 Å². The minimum absolute atomic E-state index is 0.0769. The number of allylic oxidation sites excluding steroid dienone is 1. The number of thioether (sulfide) groups is 1. The van der Waals surface area contributed by atoms with Crippen molar-refractivity contribution in [1.29, 1.82) is 0 Å². The second kappa shape index (κ2) is 38.1. The second-order valence-electron chi connectivity index (χ2n) is 30.4. The molecule has 3 saturated heterocycles. The molecule has 15 rings (SSSR count). The molecular weight excluding hydrogens is 1580 g/mol. The Hall–Kier alpha value is -12.2. The summed E-state index contributed by atoms with van der Waals surface area (Å²) in [6.45, 7) is 13.5. The van der Waals surface area contributed by atoms with Crippen molar-refractivity contribution < 1.29 is 53.9 Å². The van der Waals surface area contributed by atoms with Crippen molar-refractivity contribution in [3.05, 3.63) is 282 Å². The van der Waals surface area contributed by atoms with Gasteiger partial charge in [-0.1, -0.05) is 144 Å². The second-order valence-corrected chi connectivity index (χ2v) is 31.7. The summed E-state index contributed by atoms with van der Waals surface area (Å²) < 4.78 is 125. The van der Waals surface area contributed by atoms with Gasteiger partial charge >= 0.3 is 18.5 Å². The first kappa shape index (κ1) is 86.7. The molecule has 28 heteroatoms. The number of rotatable bonds is 14. The summed E-state index contributed by atoms with van der Waals surface area (Å²) in [6, 6.07) is 43.3. The molecule has 0 spiro atoms. The lowest BCUT2D eigenvalue weighted by molar-refractivity contribution is -0.139. The van der Waals surface area contributed by atoms with Crippen LogP contribution in [0, 0.1) is 42.4 Å². The number of pyridine rings is 4. The molecule has 11 aromatic rings. The highest BCUT2D eigenvalue weighted by Gasteiger charge is 2.38. The molecule has 121 heavy (non-hydrogen) atoms. The van der Waals surface area contributed by atoms with E-state index in [-0.39, 0.29) is 72.1 Å². The van der Waals surface area contributed by atoms with Crippen LogP contribution in [0.5, 0.6) is 0 Å². The van der Waals surface area contributed by atoms with E-state index in [1.54, 1.807) is 92.4 Å². The molecule has 8 N–H and O–H groups in total. The van der Waals surface area contributed by atoms with Gasteiger partial charge in [0.1, 0.15) is 34.0 Å². The third-order valence-electron chi connectivity index (χ3n) is 21.6. The Balaban J connectivity index is 0.000000157. The molecule has 0 radical (unpaired) electrons. The number of fused-ring (bicyclic) bond motifs is 3. The largest absolute Gasteiger partial charge is 0.416 e. The van der Waals surface area contributed by atoms with Crippen LogP contribution >= 0.6 is 11.8 Å². The van der Waals surface area contributed by atoms with E-state index in [1.165, 1.54) is 36.0 Å². The third kappa shape index (κ3) is 22.3. The summed E-state index contributed by atoms with van der Waals surface area (Å²) in [4.78, 5) is 69.1. The molecule has 18 nitrogen and oxygen atoms in total. The van der Waals surface area contributed by atoms with Gasteiger partial charge in [0, 0.05) is 196 Å². The number of benzene rings is 7. The average molecular weight is 1670 g/mol. The van der Waals surface area contributed by atoms with E-state index in [9.17, 15) is 53.9 Å². The predicted molar refractivity (Wildman–Crippen MR) is 457 cm³/mol. The normalized spacial score (nSPS) is 15.8. The van der Waals surface area contributed by atoms with E-state index in [0.29, 0.717) is 74.3 Å². The van der Waals surface area contributed by atoms with Crippen molar-refractivity contribution in [2.24, 2.45) is 0 Å². The quantitative estimate of drug-likeness (QED) is 0.0388. The van der Waals surface area contributed by atoms with Gasteiger partial charge in [0.25, 0.3) is 5.91 Å². The van der Waals surface area contributed by atoms with Gasteiger partial charge in [-0.2, -0.15) is 39.5 Å². The number of nitrogens with zero attached hydrogens (tertiary/aromatic N) is 10. The van der Waals surface area contributed by atoms with Crippen LogP contribution in [0.15, 0.2) is 193 Å². The van der Waals surface area contributed by atoms with Gasteiger partial charge in [0.2, 0.25) is 0 Å². The number of piperazine rings is 3. The maximum Gasteiger partial charge on any atom is 0.416 e. The molecule has 4 aliphatic rings. The van der Waals surface area contributed by atoms with Crippen LogP contribution < -0.4 is 27.8 Å². The van der Waals surface area contributed by atoms with Crippen LogP contribution in [0.3, 0.4) is 0 Å². The maximum absolute atomic E-state index is 14.0. The molecular formula is C93H88F9N15O3S. The van der Waals surface area contributed by atoms with Crippen LogP contribution in [0.25, 0.3) is 32.4 Å². The van der Waals surface area contributed by atoms with Crippen LogP contribution in [0.4, 0.5) is 62.7 Å². The number of nitrogens with one attached hydrogen (secondary N) is 2. The number of amides is 1. The fourth-order valence-electron chi connectivity index (χ4n) is 14.6. The molecule has 3 fully saturated rings. The highest BCUT2D eigenvalue weighted by molar-refractivity contribution is 8.04. The van der Waals surface area contributed by atoms with E-state index >= 15 is 0 Å². The van der Waals surface area contributed by atoms with Gasteiger partial charge in [-0.05, 0) is 129 Å². The Morgan fingerprint density at radius 2 is 0.876 bits per heavy atom. The number of hydrogen-bond acceptors (Lipinski definition) is 18. The number of nitrogen functional groups attached to an aromatic ring is 3. The summed E-state index contributed by atoms with van der Waals surface area (Å²) in [6.07, 6.45) is -7.30. The highest BCUT2D eigenvalue weighted by Crippen LogP contribution is 2.39. The first-order valence-electron chi connectivity index (χ1n) is 39.2. The van der Waals surface area contributed by atoms with Gasteiger partial charge in [0.15, 0.2) is 11.6 Å². The molecule has 1 unspecified atom stereocenters. The fraction of sp³-hybridized carbons (Fsp3) is 0.280. The van der Waals surface area contributed by atoms with Gasteiger partial charge in [-0.3, -0.25) is 34.1 Å². The number of nitrogens with two attached hydrogens (primary N) is 3. The van der Waals surface area contributed by atoms with E-state index in [1.807, 2.05) is 97.4 Å². The number of anilines is 4. The Morgan fingerprint density at radius 1 is 0.455 bits per heavy atom. The number of alkyl halides is 9. The monoisotopic (exact) mass is 1670 g/mol. The first-order chi connectivity index (χ1) is 57.8. The Bertz CT molecular complexity index is 5940. The van der Waals surface area contributed by atoms with E-state index in [2.05, 4.69) is 80.8 Å². The van der Waals surface area contributed by atoms with E-state index in [0.717, 1.165) is 133 Å². The summed E-state index contributed by atoms with van der Waals surface area (Å²) in [5.74, 6) is 18.8. The van der Waals surface area contributed by atoms with Crippen molar-refractivity contribution >= 4 is 84.8 Å². The number of Topliss-reactive ketones (excluding diaryl/α,β-unsaturated/α-hetero) is 2. The number of aromatic nitrogens is 4. The molecule has 0 saturated carbocycles. The van der Waals surface area contributed by atoms with Crippen LogP contribution in [-0.2, 0) is 55.8 Å². The minimum atomic E-state index is -4.55. The zero-order valence-corrected chi connectivity index (χ0v) is 68.0. The molecule has 622 valence electrons. The SMILES string of the molecule is CC1=C(C(=O)Nc2ccc(CN3CCN(C)CC3)c(C(F)(F)F)c2)NC(C#Cc2cnc(N)c3ncccc23)S1.CN1CCN(Cc2ccc(CC(=O)c3ccc(C#Cc4cnc(N)c5ccccc45)cc3)cc2C(F)(F)F)CC1.Cc1cc(C(=O)Cc2ccc(CN3CCN(C)CC3)c(C(F)(F)F)c2)ccc1C#Cc1cnc(N)c2ccccc12. The number of aryl methyl sites for hydroxylation is 1. The van der Waals surface area contributed by atoms with Crippen molar-refractivity contribution in [2.45, 2.75) is 70.2 Å². The first-order valence-corrected chi connectivity index (χ1v) is 40.1. The van der Waals surface area contributed by atoms with Crippen molar-refractivity contribution in [1.82, 2.24) is 54.7 Å².